The number of hydrogen-bond donors (Lipinski definition) is 1. The number of rotatable bonds is 4. The van der Waals surface area contributed by atoms with Gasteiger partial charge in [0, 0.05) is 24.5 Å². The number of nitrogens with zero attached hydrogens (tertiary/aromatic N) is 3. The molecule has 1 aromatic carbocycles. The van der Waals surface area contributed by atoms with E-state index in [9.17, 15) is 4.79 Å². The highest BCUT2D eigenvalue weighted by Crippen LogP contribution is 2.21. The Morgan fingerprint density at radius 2 is 2.14 bits per heavy atom. The molecule has 0 bridgehead atoms. The van der Waals surface area contributed by atoms with Gasteiger partial charge in [-0.2, -0.15) is 5.10 Å². The SMILES string of the molecule is CCN(CC)C1CCN(C(=O)c2n[nH]c3ccccc23)C1. The molecule has 5 heteroatoms. The topological polar surface area (TPSA) is 52.2 Å². The van der Waals surface area contributed by atoms with E-state index in [4.69, 9.17) is 0 Å². The minimum Gasteiger partial charge on any atom is -0.336 e. The van der Waals surface area contributed by atoms with Gasteiger partial charge in [-0.1, -0.05) is 32.0 Å². The lowest BCUT2D eigenvalue weighted by atomic mass is 10.2. The molecular weight excluding hydrogens is 264 g/mol. The van der Waals surface area contributed by atoms with Crippen LogP contribution in [0.15, 0.2) is 24.3 Å². The van der Waals surface area contributed by atoms with Crippen LogP contribution >= 0.6 is 0 Å². The molecule has 0 radical (unpaired) electrons. The Bertz CT molecular complexity index is 632. The van der Waals surface area contributed by atoms with E-state index in [1.54, 1.807) is 0 Å². The molecule has 1 aromatic heterocycles. The van der Waals surface area contributed by atoms with Crippen LogP contribution < -0.4 is 0 Å². The van der Waals surface area contributed by atoms with Crippen molar-refractivity contribution in [3.05, 3.63) is 30.0 Å². The molecule has 0 saturated carbocycles. The third-order valence-electron chi connectivity index (χ3n) is 4.45. The normalized spacial score (nSPS) is 18.8. The van der Waals surface area contributed by atoms with Gasteiger partial charge in [0.2, 0.25) is 0 Å². The van der Waals surface area contributed by atoms with E-state index in [0.29, 0.717) is 11.7 Å². The maximum absolute atomic E-state index is 12.7. The standard InChI is InChI=1S/C16H22N4O/c1-3-19(4-2)12-9-10-20(11-12)16(21)15-13-7-5-6-8-14(13)17-18-15/h5-8,12H,3-4,9-11H2,1-2H3,(H,17,18). The number of aromatic amines is 1. The number of amides is 1. The van der Waals surface area contributed by atoms with Gasteiger partial charge < -0.3 is 4.90 Å². The van der Waals surface area contributed by atoms with Crippen LogP contribution in [0.5, 0.6) is 0 Å². The summed E-state index contributed by atoms with van der Waals surface area (Å²) >= 11 is 0. The summed E-state index contributed by atoms with van der Waals surface area (Å²) in [6, 6.07) is 8.26. The number of aromatic nitrogens is 2. The molecule has 3 rings (SSSR count). The molecule has 1 saturated heterocycles. The smallest absolute Gasteiger partial charge is 0.275 e. The molecule has 1 unspecified atom stereocenters. The fourth-order valence-electron chi connectivity index (χ4n) is 3.24. The van der Waals surface area contributed by atoms with Gasteiger partial charge in [0.15, 0.2) is 5.69 Å². The van der Waals surface area contributed by atoms with E-state index >= 15 is 0 Å². The first-order valence-corrected chi connectivity index (χ1v) is 7.71. The highest BCUT2D eigenvalue weighted by atomic mass is 16.2. The maximum Gasteiger partial charge on any atom is 0.275 e. The van der Waals surface area contributed by atoms with Crippen molar-refractivity contribution in [3.63, 3.8) is 0 Å². The van der Waals surface area contributed by atoms with Crippen molar-refractivity contribution >= 4 is 16.8 Å². The number of carbonyl (C=O) groups is 1. The lowest BCUT2D eigenvalue weighted by Gasteiger charge is -2.25. The number of H-pyrrole nitrogens is 1. The number of nitrogens with one attached hydrogen (secondary N) is 1. The fourth-order valence-corrected chi connectivity index (χ4v) is 3.24. The molecule has 1 atom stereocenters. The van der Waals surface area contributed by atoms with Gasteiger partial charge in [-0.3, -0.25) is 14.8 Å². The van der Waals surface area contributed by atoms with Crippen molar-refractivity contribution in [2.75, 3.05) is 26.2 Å². The van der Waals surface area contributed by atoms with Crippen LogP contribution in [0.3, 0.4) is 0 Å². The molecule has 1 fully saturated rings. The Labute approximate surface area is 124 Å². The monoisotopic (exact) mass is 286 g/mol. The summed E-state index contributed by atoms with van der Waals surface area (Å²) in [5, 5.41) is 8.07. The predicted octanol–water partition coefficient (Wildman–Crippen LogP) is 2.12. The second-order valence-corrected chi connectivity index (χ2v) is 5.53. The Kier molecular flexibility index (Phi) is 3.92. The molecule has 0 spiro atoms. The van der Waals surface area contributed by atoms with Crippen molar-refractivity contribution < 1.29 is 4.79 Å². The van der Waals surface area contributed by atoms with Crippen LogP contribution in [-0.4, -0.2) is 58.1 Å². The Morgan fingerprint density at radius 1 is 1.38 bits per heavy atom. The predicted molar refractivity (Wildman–Crippen MR) is 83.3 cm³/mol. The van der Waals surface area contributed by atoms with E-state index in [1.165, 1.54) is 0 Å². The molecule has 1 aliphatic rings. The second kappa shape index (κ2) is 5.85. The lowest BCUT2D eigenvalue weighted by Crippen LogP contribution is -2.38. The molecule has 2 heterocycles. The number of fused-ring (bicyclic) bond motifs is 1. The number of para-hydroxylation sites is 1. The second-order valence-electron chi connectivity index (χ2n) is 5.53. The summed E-state index contributed by atoms with van der Waals surface area (Å²) in [5.74, 6) is 0.0436. The molecule has 1 N–H and O–H groups in total. The van der Waals surface area contributed by atoms with Crippen LogP contribution in [0.2, 0.25) is 0 Å². The lowest BCUT2D eigenvalue weighted by molar-refractivity contribution is 0.0774. The molecule has 1 aliphatic heterocycles. The molecule has 1 amide bonds. The highest BCUT2D eigenvalue weighted by Gasteiger charge is 2.31. The summed E-state index contributed by atoms with van der Waals surface area (Å²) in [4.78, 5) is 17.1. The number of carbonyl (C=O) groups excluding carboxylic acids is 1. The number of hydrogen-bond acceptors (Lipinski definition) is 3. The third-order valence-corrected chi connectivity index (χ3v) is 4.45. The average molecular weight is 286 g/mol. The van der Waals surface area contributed by atoms with Crippen molar-refractivity contribution in [2.45, 2.75) is 26.3 Å². The summed E-state index contributed by atoms with van der Waals surface area (Å²) in [7, 11) is 0. The van der Waals surface area contributed by atoms with Crippen LogP contribution in [0.25, 0.3) is 10.9 Å². The number of likely N-dealkylation sites (tertiary alicyclic amines) is 1. The zero-order valence-corrected chi connectivity index (χ0v) is 12.7. The molecule has 0 aliphatic carbocycles. The van der Waals surface area contributed by atoms with Crippen molar-refractivity contribution in [1.29, 1.82) is 0 Å². The molecule has 21 heavy (non-hydrogen) atoms. The minimum absolute atomic E-state index is 0.0436. The van der Waals surface area contributed by atoms with E-state index in [0.717, 1.165) is 43.5 Å². The van der Waals surface area contributed by atoms with Crippen LogP contribution in [0.4, 0.5) is 0 Å². The third kappa shape index (κ3) is 2.53. The molecule has 112 valence electrons. The Balaban J connectivity index is 1.77. The van der Waals surface area contributed by atoms with Gasteiger partial charge in [0.05, 0.1) is 5.52 Å². The zero-order valence-electron chi connectivity index (χ0n) is 12.7. The van der Waals surface area contributed by atoms with Crippen LogP contribution in [0, 0.1) is 0 Å². The van der Waals surface area contributed by atoms with Gasteiger partial charge in [0.1, 0.15) is 0 Å². The van der Waals surface area contributed by atoms with E-state index in [-0.39, 0.29) is 5.91 Å². The maximum atomic E-state index is 12.7. The zero-order chi connectivity index (χ0) is 14.8. The summed E-state index contributed by atoms with van der Waals surface area (Å²) in [6.07, 6.45) is 1.05. The van der Waals surface area contributed by atoms with Gasteiger partial charge >= 0.3 is 0 Å². The fraction of sp³-hybridized carbons (Fsp3) is 0.500. The first-order chi connectivity index (χ1) is 10.2. The van der Waals surface area contributed by atoms with E-state index in [2.05, 4.69) is 28.9 Å². The van der Waals surface area contributed by atoms with Crippen molar-refractivity contribution in [3.8, 4) is 0 Å². The largest absolute Gasteiger partial charge is 0.336 e. The van der Waals surface area contributed by atoms with E-state index in [1.807, 2.05) is 29.2 Å². The molecule has 2 aromatic rings. The van der Waals surface area contributed by atoms with Gasteiger partial charge in [-0.05, 0) is 25.6 Å². The van der Waals surface area contributed by atoms with Crippen LogP contribution in [-0.2, 0) is 0 Å². The quantitative estimate of drug-likeness (QED) is 0.936. The summed E-state index contributed by atoms with van der Waals surface area (Å²) in [5.41, 5.74) is 1.46. The first kappa shape index (κ1) is 14.1. The average Bonchev–Trinajstić information content (AvgIpc) is 3.15. The summed E-state index contributed by atoms with van der Waals surface area (Å²) in [6.45, 7) is 8.05. The number of likely N-dealkylation sites (N-methyl/N-ethyl adjacent to an activating group) is 1. The van der Waals surface area contributed by atoms with Crippen LogP contribution in [0.1, 0.15) is 30.8 Å². The van der Waals surface area contributed by atoms with Crippen molar-refractivity contribution in [1.82, 2.24) is 20.0 Å². The van der Waals surface area contributed by atoms with Crippen molar-refractivity contribution in [2.24, 2.45) is 0 Å². The van der Waals surface area contributed by atoms with E-state index < -0.39 is 0 Å². The highest BCUT2D eigenvalue weighted by molar-refractivity contribution is 6.04. The van der Waals surface area contributed by atoms with Gasteiger partial charge in [-0.15, -0.1) is 0 Å². The summed E-state index contributed by atoms with van der Waals surface area (Å²) < 4.78 is 0. The molecule has 5 nitrogen and oxygen atoms in total. The first-order valence-electron chi connectivity index (χ1n) is 7.71. The Morgan fingerprint density at radius 3 is 2.90 bits per heavy atom. The molecular formula is C16H22N4O. The van der Waals surface area contributed by atoms with Gasteiger partial charge in [-0.25, -0.2) is 0 Å². The minimum atomic E-state index is 0.0436. The van der Waals surface area contributed by atoms with Gasteiger partial charge in [0.25, 0.3) is 5.91 Å². The number of benzene rings is 1. The Hall–Kier alpha value is -1.88.